The van der Waals surface area contributed by atoms with Crippen LogP contribution in [0.3, 0.4) is 0 Å². The van der Waals surface area contributed by atoms with Crippen molar-refractivity contribution in [3.8, 4) is 5.75 Å². The lowest BCUT2D eigenvalue weighted by atomic mass is 10.2. The van der Waals surface area contributed by atoms with Crippen molar-refractivity contribution in [1.29, 1.82) is 0 Å². The SMILES string of the molecule is COc1ccccc1CN(CCO)Cc1noc(C(C)C)n1. The van der Waals surface area contributed by atoms with Gasteiger partial charge in [-0.25, -0.2) is 0 Å². The first-order chi connectivity index (χ1) is 10.6. The second kappa shape index (κ2) is 7.91. The van der Waals surface area contributed by atoms with Gasteiger partial charge in [-0.15, -0.1) is 0 Å². The topological polar surface area (TPSA) is 71.6 Å². The third-order valence-corrected chi connectivity index (χ3v) is 3.35. The first kappa shape index (κ1) is 16.5. The predicted molar refractivity (Wildman–Crippen MR) is 82.6 cm³/mol. The van der Waals surface area contributed by atoms with E-state index in [1.54, 1.807) is 7.11 Å². The lowest BCUT2D eigenvalue weighted by Crippen LogP contribution is -2.26. The molecule has 6 nitrogen and oxygen atoms in total. The zero-order valence-electron chi connectivity index (χ0n) is 13.3. The molecular formula is C16H23N3O3. The van der Waals surface area contributed by atoms with Gasteiger partial charge in [0.15, 0.2) is 5.82 Å². The van der Waals surface area contributed by atoms with E-state index in [-0.39, 0.29) is 12.5 Å². The number of aliphatic hydroxyl groups excluding tert-OH is 1. The van der Waals surface area contributed by atoms with Crippen molar-refractivity contribution in [2.45, 2.75) is 32.9 Å². The number of aromatic nitrogens is 2. The summed E-state index contributed by atoms with van der Waals surface area (Å²) in [5.41, 5.74) is 1.06. The number of benzene rings is 1. The Morgan fingerprint density at radius 3 is 2.68 bits per heavy atom. The van der Waals surface area contributed by atoms with Crippen LogP contribution in [-0.4, -0.2) is 40.4 Å². The zero-order chi connectivity index (χ0) is 15.9. The fourth-order valence-corrected chi connectivity index (χ4v) is 2.20. The van der Waals surface area contributed by atoms with Crippen LogP contribution in [0.15, 0.2) is 28.8 Å². The van der Waals surface area contributed by atoms with Crippen molar-refractivity contribution in [2.75, 3.05) is 20.3 Å². The molecule has 1 N–H and O–H groups in total. The predicted octanol–water partition coefficient (Wildman–Crippen LogP) is 2.20. The van der Waals surface area contributed by atoms with E-state index in [9.17, 15) is 5.11 Å². The molecule has 1 aromatic carbocycles. The largest absolute Gasteiger partial charge is 0.496 e. The van der Waals surface area contributed by atoms with Crippen LogP contribution in [0, 0.1) is 0 Å². The number of rotatable bonds is 8. The van der Waals surface area contributed by atoms with Crippen molar-refractivity contribution in [3.63, 3.8) is 0 Å². The fraction of sp³-hybridized carbons (Fsp3) is 0.500. The first-order valence-corrected chi connectivity index (χ1v) is 7.41. The maximum Gasteiger partial charge on any atom is 0.229 e. The molecule has 1 aromatic heterocycles. The minimum atomic E-state index is 0.0735. The fourth-order valence-electron chi connectivity index (χ4n) is 2.20. The van der Waals surface area contributed by atoms with Gasteiger partial charge < -0.3 is 14.4 Å². The maximum atomic E-state index is 9.28. The standard InChI is InChI=1S/C16H23N3O3/c1-12(2)16-17-15(18-22-16)11-19(8-9-20)10-13-6-4-5-7-14(13)21-3/h4-7,12,20H,8-11H2,1-3H3. The summed E-state index contributed by atoms with van der Waals surface area (Å²) in [6.45, 7) is 5.80. The quantitative estimate of drug-likeness (QED) is 0.806. The Hall–Kier alpha value is -1.92. The van der Waals surface area contributed by atoms with E-state index in [0.29, 0.717) is 31.3 Å². The molecule has 0 amide bonds. The minimum absolute atomic E-state index is 0.0735. The molecule has 0 aliphatic rings. The molecule has 0 unspecified atom stereocenters. The van der Waals surface area contributed by atoms with Crippen LogP contribution < -0.4 is 4.74 Å². The van der Waals surface area contributed by atoms with Crippen molar-refractivity contribution in [3.05, 3.63) is 41.5 Å². The third-order valence-electron chi connectivity index (χ3n) is 3.35. The van der Waals surface area contributed by atoms with Gasteiger partial charge in [-0.1, -0.05) is 37.2 Å². The molecule has 1 heterocycles. The molecule has 0 fully saturated rings. The monoisotopic (exact) mass is 305 g/mol. The molecule has 0 radical (unpaired) electrons. The third kappa shape index (κ3) is 4.29. The Bertz CT molecular complexity index is 584. The minimum Gasteiger partial charge on any atom is -0.496 e. The number of ether oxygens (including phenoxy) is 1. The van der Waals surface area contributed by atoms with Crippen LogP contribution in [0.25, 0.3) is 0 Å². The molecule has 120 valence electrons. The van der Waals surface area contributed by atoms with Gasteiger partial charge in [0.2, 0.25) is 5.89 Å². The molecule has 2 aromatic rings. The highest BCUT2D eigenvalue weighted by molar-refractivity contribution is 5.33. The average molecular weight is 305 g/mol. The highest BCUT2D eigenvalue weighted by Gasteiger charge is 2.15. The summed E-state index contributed by atoms with van der Waals surface area (Å²) in [4.78, 5) is 6.45. The van der Waals surface area contributed by atoms with Crippen molar-refractivity contribution < 1.29 is 14.4 Å². The van der Waals surface area contributed by atoms with E-state index < -0.39 is 0 Å². The molecule has 0 bridgehead atoms. The van der Waals surface area contributed by atoms with E-state index in [1.807, 2.05) is 38.1 Å². The summed E-state index contributed by atoms with van der Waals surface area (Å²) in [6, 6.07) is 7.85. The number of methoxy groups -OCH3 is 1. The molecule has 0 saturated heterocycles. The Morgan fingerprint density at radius 1 is 1.27 bits per heavy atom. The van der Waals surface area contributed by atoms with Crippen LogP contribution >= 0.6 is 0 Å². The zero-order valence-corrected chi connectivity index (χ0v) is 13.3. The van der Waals surface area contributed by atoms with Crippen LogP contribution in [0.4, 0.5) is 0 Å². The van der Waals surface area contributed by atoms with Gasteiger partial charge in [-0.2, -0.15) is 4.98 Å². The second-order valence-electron chi connectivity index (χ2n) is 5.45. The van der Waals surface area contributed by atoms with Crippen molar-refractivity contribution in [1.82, 2.24) is 15.0 Å². The van der Waals surface area contributed by atoms with Crippen LogP contribution in [0.2, 0.25) is 0 Å². The van der Waals surface area contributed by atoms with Gasteiger partial charge in [0, 0.05) is 24.6 Å². The Balaban J connectivity index is 2.08. The molecule has 2 rings (SSSR count). The summed E-state index contributed by atoms with van der Waals surface area (Å²) in [7, 11) is 1.66. The summed E-state index contributed by atoms with van der Waals surface area (Å²) in [5, 5.41) is 13.3. The summed E-state index contributed by atoms with van der Waals surface area (Å²) in [6.07, 6.45) is 0. The molecule has 6 heteroatoms. The van der Waals surface area contributed by atoms with Gasteiger partial charge in [0.1, 0.15) is 5.75 Å². The molecule has 22 heavy (non-hydrogen) atoms. The molecule has 0 atom stereocenters. The lowest BCUT2D eigenvalue weighted by molar-refractivity contribution is 0.178. The highest BCUT2D eigenvalue weighted by Crippen LogP contribution is 2.20. The Labute approximate surface area is 130 Å². The highest BCUT2D eigenvalue weighted by atomic mass is 16.5. The maximum absolute atomic E-state index is 9.28. The van der Waals surface area contributed by atoms with Gasteiger partial charge in [-0.05, 0) is 6.07 Å². The number of hydrogen-bond acceptors (Lipinski definition) is 6. The Morgan fingerprint density at radius 2 is 2.05 bits per heavy atom. The smallest absolute Gasteiger partial charge is 0.229 e. The summed E-state index contributed by atoms with van der Waals surface area (Å²) < 4.78 is 10.6. The van der Waals surface area contributed by atoms with E-state index in [4.69, 9.17) is 9.26 Å². The van der Waals surface area contributed by atoms with E-state index in [1.165, 1.54) is 0 Å². The normalized spacial score (nSPS) is 11.4. The van der Waals surface area contributed by atoms with E-state index in [2.05, 4.69) is 15.0 Å². The summed E-state index contributed by atoms with van der Waals surface area (Å²) in [5.74, 6) is 2.31. The van der Waals surface area contributed by atoms with Crippen molar-refractivity contribution in [2.24, 2.45) is 0 Å². The Kier molecular flexibility index (Phi) is 5.91. The molecule has 0 aliphatic carbocycles. The second-order valence-corrected chi connectivity index (χ2v) is 5.45. The molecule has 0 aliphatic heterocycles. The molecular weight excluding hydrogens is 282 g/mol. The summed E-state index contributed by atoms with van der Waals surface area (Å²) >= 11 is 0. The van der Waals surface area contributed by atoms with Crippen molar-refractivity contribution >= 4 is 0 Å². The van der Waals surface area contributed by atoms with Crippen LogP contribution in [0.5, 0.6) is 5.75 Å². The van der Waals surface area contributed by atoms with E-state index in [0.717, 1.165) is 11.3 Å². The number of aliphatic hydroxyl groups is 1. The van der Waals surface area contributed by atoms with Gasteiger partial charge in [0.05, 0.1) is 20.3 Å². The molecule has 0 saturated carbocycles. The first-order valence-electron chi connectivity index (χ1n) is 7.41. The lowest BCUT2D eigenvalue weighted by Gasteiger charge is -2.20. The molecule has 0 spiro atoms. The van der Waals surface area contributed by atoms with E-state index >= 15 is 0 Å². The van der Waals surface area contributed by atoms with Crippen LogP contribution in [-0.2, 0) is 13.1 Å². The number of nitrogens with zero attached hydrogens (tertiary/aromatic N) is 3. The number of para-hydroxylation sites is 1. The van der Waals surface area contributed by atoms with Gasteiger partial charge in [0.25, 0.3) is 0 Å². The van der Waals surface area contributed by atoms with Gasteiger partial charge in [-0.3, -0.25) is 4.90 Å². The average Bonchev–Trinajstić information content (AvgIpc) is 2.97. The van der Waals surface area contributed by atoms with Gasteiger partial charge >= 0.3 is 0 Å². The van der Waals surface area contributed by atoms with Crippen LogP contribution in [0.1, 0.15) is 37.0 Å². The number of hydrogen-bond donors (Lipinski definition) is 1.